The SMILES string of the molecule is CCc1nc(-c2cc3c(cc2OC)CCC3)c(CC)nc1N[C@H](C)CC. The van der Waals surface area contributed by atoms with Crippen LogP contribution in [0, 0.1) is 0 Å². The van der Waals surface area contributed by atoms with Crippen molar-refractivity contribution < 1.29 is 4.74 Å². The molecule has 0 saturated carbocycles. The lowest BCUT2D eigenvalue weighted by Crippen LogP contribution is -2.18. The number of nitrogens with one attached hydrogen (secondary N) is 1. The van der Waals surface area contributed by atoms with Crippen LogP contribution in [0.25, 0.3) is 11.3 Å². The molecule has 0 radical (unpaired) electrons. The number of ether oxygens (including phenoxy) is 1. The van der Waals surface area contributed by atoms with Gasteiger partial charge in [0.2, 0.25) is 0 Å². The highest BCUT2D eigenvalue weighted by Gasteiger charge is 2.21. The average Bonchev–Trinajstić information content (AvgIpc) is 3.13. The molecule has 4 nitrogen and oxygen atoms in total. The first kappa shape index (κ1) is 18.7. The number of anilines is 1. The molecule has 1 aliphatic carbocycles. The molecular weight excluding hydrogens is 322 g/mol. The van der Waals surface area contributed by atoms with Gasteiger partial charge in [0.25, 0.3) is 0 Å². The Morgan fingerprint density at radius 3 is 2.35 bits per heavy atom. The highest BCUT2D eigenvalue weighted by Crippen LogP contribution is 2.37. The molecule has 1 aromatic heterocycles. The third kappa shape index (κ3) is 3.55. The maximum absolute atomic E-state index is 5.73. The van der Waals surface area contributed by atoms with Crippen molar-refractivity contribution in [2.75, 3.05) is 12.4 Å². The molecule has 3 rings (SSSR count). The Hall–Kier alpha value is -2.10. The van der Waals surface area contributed by atoms with E-state index in [1.807, 2.05) is 0 Å². The van der Waals surface area contributed by atoms with Crippen LogP contribution in [-0.2, 0) is 25.7 Å². The summed E-state index contributed by atoms with van der Waals surface area (Å²) < 4.78 is 5.73. The monoisotopic (exact) mass is 353 g/mol. The zero-order valence-electron chi connectivity index (χ0n) is 16.8. The maximum atomic E-state index is 5.73. The second-order valence-electron chi connectivity index (χ2n) is 7.15. The van der Waals surface area contributed by atoms with Crippen LogP contribution in [0.4, 0.5) is 5.82 Å². The van der Waals surface area contributed by atoms with Gasteiger partial charge in [0, 0.05) is 11.6 Å². The van der Waals surface area contributed by atoms with Crippen molar-refractivity contribution >= 4 is 5.82 Å². The second kappa shape index (κ2) is 8.07. The molecule has 1 heterocycles. The summed E-state index contributed by atoms with van der Waals surface area (Å²) in [5.74, 6) is 1.85. The summed E-state index contributed by atoms with van der Waals surface area (Å²) in [5, 5.41) is 3.53. The number of rotatable bonds is 7. The van der Waals surface area contributed by atoms with Crippen molar-refractivity contribution in [1.29, 1.82) is 0 Å². The number of hydrogen-bond acceptors (Lipinski definition) is 4. The minimum Gasteiger partial charge on any atom is -0.496 e. The summed E-state index contributed by atoms with van der Waals surface area (Å²) in [5.41, 5.74) is 6.98. The zero-order chi connectivity index (χ0) is 18.7. The molecule has 0 spiro atoms. The predicted octanol–water partition coefficient (Wildman–Crippen LogP) is 4.98. The van der Waals surface area contributed by atoms with Gasteiger partial charge in [-0.2, -0.15) is 0 Å². The van der Waals surface area contributed by atoms with Crippen LogP contribution < -0.4 is 10.1 Å². The average molecular weight is 354 g/mol. The number of methoxy groups -OCH3 is 1. The first-order valence-electron chi connectivity index (χ1n) is 9.97. The smallest absolute Gasteiger partial charge is 0.148 e. The minimum absolute atomic E-state index is 0.389. The molecule has 1 N–H and O–H groups in total. The Labute approximate surface area is 157 Å². The van der Waals surface area contributed by atoms with Crippen LogP contribution in [0.15, 0.2) is 12.1 Å². The first-order valence-corrected chi connectivity index (χ1v) is 9.97. The van der Waals surface area contributed by atoms with E-state index in [0.29, 0.717) is 6.04 Å². The molecule has 0 saturated heterocycles. The summed E-state index contributed by atoms with van der Waals surface area (Å²) >= 11 is 0. The standard InChI is InChI=1S/C22H31N3O/c1-6-14(4)23-22-19(8-3)24-21(18(7-2)25-22)17-12-15-10-9-11-16(15)13-20(17)26-5/h12-14H,6-11H2,1-5H3,(H,23,25)/t14-/m1/s1. The van der Waals surface area contributed by atoms with Gasteiger partial charge in [-0.05, 0) is 68.7 Å². The lowest BCUT2D eigenvalue weighted by atomic mass is 10.0. The normalized spacial score (nSPS) is 14.2. The Morgan fingerprint density at radius 2 is 1.73 bits per heavy atom. The molecule has 26 heavy (non-hydrogen) atoms. The summed E-state index contributed by atoms with van der Waals surface area (Å²) in [6.07, 6.45) is 6.29. The van der Waals surface area contributed by atoms with E-state index < -0.39 is 0 Å². The van der Waals surface area contributed by atoms with Crippen molar-refractivity contribution in [2.24, 2.45) is 0 Å². The second-order valence-corrected chi connectivity index (χ2v) is 7.15. The van der Waals surface area contributed by atoms with Crippen LogP contribution in [0.5, 0.6) is 5.75 Å². The predicted molar refractivity (Wildman–Crippen MR) is 108 cm³/mol. The van der Waals surface area contributed by atoms with E-state index in [-0.39, 0.29) is 0 Å². The van der Waals surface area contributed by atoms with Gasteiger partial charge in [-0.25, -0.2) is 9.97 Å². The Balaban J connectivity index is 2.13. The number of nitrogens with zero attached hydrogens (tertiary/aromatic N) is 2. The Kier molecular flexibility index (Phi) is 5.80. The van der Waals surface area contributed by atoms with E-state index >= 15 is 0 Å². The number of aryl methyl sites for hydroxylation is 4. The fourth-order valence-corrected chi connectivity index (χ4v) is 3.62. The maximum Gasteiger partial charge on any atom is 0.148 e. The van der Waals surface area contributed by atoms with Crippen LogP contribution in [0.2, 0.25) is 0 Å². The highest BCUT2D eigenvalue weighted by atomic mass is 16.5. The van der Waals surface area contributed by atoms with Crippen LogP contribution >= 0.6 is 0 Å². The zero-order valence-corrected chi connectivity index (χ0v) is 16.8. The van der Waals surface area contributed by atoms with Crippen LogP contribution in [-0.4, -0.2) is 23.1 Å². The van der Waals surface area contributed by atoms with Gasteiger partial charge in [0.15, 0.2) is 0 Å². The lowest BCUT2D eigenvalue weighted by Gasteiger charge is -2.19. The van der Waals surface area contributed by atoms with Crippen LogP contribution in [0.1, 0.15) is 63.1 Å². The first-order chi connectivity index (χ1) is 12.6. The molecule has 4 heteroatoms. The highest BCUT2D eigenvalue weighted by molar-refractivity contribution is 5.72. The molecule has 2 aromatic rings. The third-order valence-corrected chi connectivity index (χ3v) is 5.37. The van der Waals surface area contributed by atoms with Gasteiger partial charge in [0.1, 0.15) is 11.6 Å². The van der Waals surface area contributed by atoms with Crippen molar-refractivity contribution in [3.8, 4) is 17.0 Å². The molecule has 1 aromatic carbocycles. The Bertz CT molecular complexity index is 785. The molecule has 0 unspecified atom stereocenters. The number of aromatic nitrogens is 2. The molecule has 140 valence electrons. The van der Waals surface area contributed by atoms with Gasteiger partial charge in [-0.1, -0.05) is 20.8 Å². The molecule has 0 bridgehead atoms. The van der Waals surface area contributed by atoms with Crippen LogP contribution in [0.3, 0.4) is 0 Å². The third-order valence-electron chi connectivity index (χ3n) is 5.37. The Morgan fingerprint density at radius 1 is 1.04 bits per heavy atom. The van der Waals surface area contributed by atoms with E-state index in [9.17, 15) is 0 Å². The molecular formula is C22H31N3O. The van der Waals surface area contributed by atoms with Crippen molar-refractivity contribution in [2.45, 2.75) is 72.3 Å². The van der Waals surface area contributed by atoms with Gasteiger partial charge in [-0.3, -0.25) is 0 Å². The summed E-state index contributed by atoms with van der Waals surface area (Å²) in [6, 6.07) is 4.88. The molecule has 0 aliphatic heterocycles. The summed E-state index contributed by atoms with van der Waals surface area (Å²) in [4.78, 5) is 10.0. The molecule has 0 fully saturated rings. The summed E-state index contributed by atoms with van der Waals surface area (Å²) in [7, 11) is 1.75. The molecule has 1 atom stereocenters. The van der Waals surface area contributed by atoms with E-state index in [2.05, 4.69) is 45.1 Å². The van der Waals surface area contributed by atoms with E-state index in [1.54, 1.807) is 7.11 Å². The van der Waals surface area contributed by atoms with Crippen molar-refractivity contribution in [1.82, 2.24) is 9.97 Å². The van der Waals surface area contributed by atoms with E-state index in [4.69, 9.17) is 14.7 Å². The number of benzene rings is 1. The molecule has 0 amide bonds. The van der Waals surface area contributed by atoms with Gasteiger partial charge < -0.3 is 10.1 Å². The fraction of sp³-hybridized carbons (Fsp3) is 0.545. The fourth-order valence-electron chi connectivity index (χ4n) is 3.62. The van der Waals surface area contributed by atoms with E-state index in [1.165, 1.54) is 17.5 Å². The number of hydrogen-bond donors (Lipinski definition) is 1. The van der Waals surface area contributed by atoms with Gasteiger partial charge >= 0.3 is 0 Å². The summed E-state index contributed by atoms with van der Waals surface area (Å²) in [6.45, 7) is 8.65. The minimum atomic E-state index is 0.389. The van der Waals surface area contributed by atoms with Gasteiger partial charge in [0.05, 0.1) is 24.2 Å². The molecule has 1 aliphatic rings. The number of fused-ring (bicyclic) bond motifs is 1. The topological polar surface area (TPSA) is 47.0 Å². The quantitative estimate of drug-likeness (QED) is 0.763. The van der Waals surface area contributed by atoms with Crippen molar-refractivity contribution in [3.63, 3.8) is 0 Å². The lowest BCUT2D eigenvalue weighted by molar-refractivity contribution is 0.415. The van der Waals surface area contributed by atoms with E-state index in [0.717, 1.165) is 66.3 Å². The van der Waals surface area contributed by atoms with Crippen molar-refractivity contribution in [3.05, 3.63) is 34.6 Å². The van der Waals surface area contributed by atoms with Gasteiger partial charge in [-0.15, -0.1) is 0 Å². The largest absolute Gasteiger partial charge is 0.496 e.